The van der Waals surface area contributed by atoms with Crippen molar-refractivity contribution in [3.63, 3.8) is 0 Å². The summed E-state index contributed by atoms with van der Waals surface area (Å²) in [6.07, 6.45) is 0. The molecule has 0 bridgehead atoms. The molecule has 1 rings (SSSR count). The minimum atomic E-state index is -4.09. The Morgan fingerprint density at radius 1 is 1.38 bits per heavy atom. The van der Waals surface area contributed by atoms with Crippen LogP contribution in [0.25, 0.3) is 0 Å². The van der Waals surface area contributed by atoms with Crippen LogP contribution in [0, 0.1) is 0 Å². The minimum absolute atomic E-state index is 0.146. The highest BCUT2D eigenvalue weighted by Gasteiger charge is 2.28. The summed E-state index contributed by atoms with van der Waals surface area (Å²) in [4.78, 5) is 8.11. The molecule has 16 heavy (non-hydrogen) atoms. The van der Waals surface area contributed by atoms with Crippen molar-refractivity contribution < 1.29 is 21.8 Å². The average molecular weight is 266 g/mol. The molecule has 1 aromatic rings. The van der Waals surface area contributed by atoms with Crippen LogP contribution in [0.2, 0.25) is 0 Å². The van der Waals surface area contributed by atoms with Crippen LogP contribution in [0.1, 0.15) is 6.92 Å². The topological polar surface area (TPSA) is 107 Å². The molecule has 0 saturated heterocycles. The molecule has 1 unspecified atom stereocenters. The van der Waals surface area contributed by atoms with Gasteiger partial charge in [0.15, 0.2) is 0 Å². The van der Waals surface area contributed by atoms with Crippen molar-refractivity contribution >= 4 is 18.4 Å². The van der Waals surface area contributed by atoms with Crippen LogP contribution in [0.3, 0.4) is 0 Å². The Morgan fingerprint density at radius 2 is 1.81 bits per heavy atom. The Kier molecular flexibility index (Phi) is 7.03. The lowest BCUT2D eigenvalue weighted by Crippen LogP contribution is -2.00. The van der Waals surface area contributed by atoms with Gasteiger partial charge in [-0.2, -0.15) is 8.42 Å². The van der Waals surface area contributed by atoms with Gasteiger partial charge in [0.05, 0.1) is 4.90 Å². The second kappa shape index (κ2) is 7.43. The monoisotopic (exact) mass is 266 g/mol. The van der Waals surface area contributed by atoms with Crippen LogP contribution in [0.15, 0.2) is 35.2 Å². The molecular weight excluding hydrogens is 253 g/mol. The molecule has 6 nitrogen and oxygen atoms in total. The van der Waals surface area contributed by atoms with Gasteiger partial charge in [-0.3, -0.25) is 0 Å². The first-order valence-electron chi connectivity index (χ1n) is 4.30. The normalized spacial score (nSPS) is 11.3. The Hall–Kier alpha value is -0.850. The molecule has 0 saturated carbocycles. The summed E-state index contributed by atoms with van der Waals surface area (Å²) >= 11 is 0. The van der Waals surface area contributed by atoms with Crippen molar-refractivity contribution in [1.29, 1.82) is 0 Å². The molecule has 1 atom stereocenters. The zero-order valence-electron chi connectivity index (χ0n) is 8.61. The third kappa shape index (κ3) is 5.89. The quantitative estimate of drug-likeness (QED) is 0.790. The molecule has 0 amide bonds. The van der Waals surface area contributed by atoms with E-state index in [1.165, 1.54) is 24.3 Å². The smallest absolute Gasteiger partial charge is 0.331 e. The Labute approximate surface area is 95.1 Å². The molecule has 0 aliphatic heterocycles. The summed E-state index contributed by atoms with van der Waals surface area (Å²) in [5.74, 6) is 0. The molecule has 0 heterocycles. The van der Waals surface area contributed by atoms with Crippen molar-refractivity contribution in [3.05, 3.63) is 30.3 Å². The fourth-order valence-electron chi connectivity index (χ4n) is 0.714. The molecule has 0 radical (unpaired) electrons. The van der Waals surface area contributed by atoms with Gasteiger partial charge in [-0.05, 0) is 18.7 Å². The van der Waals surface area contributed by atoms with E-state index in [0.717, 1.165) is 6.54 Å². The summed E-state index contributed by atoms with van der Waals surface area (Å²) in [6.45, 7) is 2.65. The van der Waals surface area contributed by atoms with E-state index in [9.17, 15) is 13.0 Å². The fraction of sp³-hybridized carbons (Fsp3) is 0.250. The second-order valence-electron chi connectivity index (χ2n) is 2.49. The summed E-state index contributed by atoms with van der Waals surface area (Å²) < 4.78 is 36.1. The summed E-state index contributed by atoms with van der Waals surface area (Å²) in [7, 11) is -7.24. The number of hydrogen-bond acceptors (Lipinski definition) is 5. The van der Waals surface area contributed by atoms with E-state index in [1.54, 1.807) is 6.07 Å². The van der Waals surface area contributed by atoms with Crippen LogP contribution in [0.5, 0.6) is 0 Å². The number of benzene rings is 1. The highest BCUT2D eigenvalue weighted by atomic mass is 32.2. The first kappa shape index (κ1) is 15.2. The maximum Gasteiger partial charge on any atom is 0.712 e. The number of nitrogens with two attached hydrogens (primary N) is 1. The van der Waals surface area contributed by atoms with Crippen LogP contribution in [-0.4, -0.2) is 19.9 Å². The van der Waals surface area contributed by atoms with Gasteiger partial charge in [0.1, 0.15) is 0 Å². The Morgan fingerprint density at radius 3 is 2.19 bits per heavy atom. The van der Waals surface area contributed by atoms with E-state index in [2.05, 4.69) is 3.97 Å². The van der Waals surface area contributed by atoms with E-state index in [-0.39, 0.29) is 4.90 Å². The Bertz CT molecular complexity index is 419. The zero-order chi connectivity index (χ0) is 12.6. The van der Waals surface area contributed by atoms with Gasteiger partial charge >= 0.3 is 18.4 Å². The van der Waals surface area contributed by atoms with Crippen LogP contribution in [-0.2, 0) is 18.7 Å². The standard InChI is InChI=1S/C6H5O5PS.C2H7N/c7-12(8)11-13(9,10)6-4-2-1-3-5-6;1-2-3/h1-5H;2-3H2,1H3/p+1. The first-order chi connectivity index (χ1) is 7.44. The lowest BCUT2D eigenvalue weighted by atomic mass is 10.4. The van der Waals surface area contributed by atoms with Crippen molar-refractivity contribution in [3.8, 4) is 0 Å². The lowest BCUT2D eigenvalue weighted by molar-refractivity contribution is 0.404. The molecule has 0 aliphatic rings. The largest absolute Gasteiger partial charge is 0.712 e. The molecule has 1 aromatic carbocycles. The number of hydrogen-bond donors (Lipinski definition) is 2. The predicted molar refractivity (Wildman–Crippen MR) is 59.3 cm³/mol. The SMILES string of the molecule is CCN.O=[P+](O)OS(=O)(=O)c1ccccc1. The third-order valence-corrected chi connectivity index (χ3v) is 3.34. The van der Waals surface area contributed by atoms with E-state index >= 15 is 0 Å². The van der Waals surface area contributed by atoms with Gasteiger partial charge in [0, 0.05) is 8.54 Å². The van der Waals surface area contributed by atoms with E-state index in [1.807, 2.05) is 6.92 Å². The minimum Gasteiger partial charge on any atom is -0.331 e. The molecular formula is C8H13NO5PS+. The van der Waals surface area contributed by atoms with E-state index in [0.29, 0.717) is 0 Å². The second-order valence-corrected chi connectivity index (χ2v) is 4.94. The summed E-state index contributed by atoms with van der Waals surface area (Å²) in [6, 6.07) is 7.14. The van der Waals surface area contributed by atoms with Gasteiger partial charge in [-0.1, -0.05) is 25.1 Å². The molecule has 3 N–H and O–H groups in total. The average Bonchev–Trinajstić information content (AvgIpc) is 2.18. The van der Waals surface area contributed by atoms with Crippen LogP contribution >= 0.6 is 8.25 Å². The lowest BCUT2D eigenvalue weighted by Gasteiger charge is -1.93. The summed E-state index contributed by atoms with van der Waals surface area (Å²) in [5, 5.41) is 0. The van der Waals surface area contributed by atoms with Gasteiger partial charge in [0.2, 0.25) is 0 Å². The fourth-order valence-corrected chi connectivity index (χ4v) is 2.22. The Balaban J connectivity index is 0.000000673. The molecule has 90 valence electrons. The third-order valence-electron chi connectivity index (χ3n) is 1.19. The van der Waals surface area contributed by atoms with Gasteiger partial charge in [-0.25, -0.2) is 0 Å². The number of rotatable bonds is 3. The molecule has 0 spiro atoms. The predicted octanol–water partition coefficient (Wildman–Crippen LogP) is 1.01. The maximum atomic E-state index is 11.1. The van der Waals surface area contributed by atoms with E-state index < -0.39 is 18.4 Å². The van der Waals surface area contributed by atoms with E-state index in [4.69, 9.17) is 10.6 Å². The highest BCUT2D eigenvalue weighted by molar-refractivity contribution is 7.89. The van der Waals surface area contributed by atoms with Crippen molar-refractivity contribution in [2.45, 2.75) is 11.8 Å². The highest BCUT2D eigenvalue weighted by Crippen LogP contribution is 2.24. The molecule has 0 aliphatic carbocycles. The molecule has 8 heteroatoms. The first-order valence-corrected chi connectivity index (χ1v) is 6.83. The summed E-state index contributed by atoms with van der Waals surface area (Å²) in [5.41, 5.74) is 4.85. The van der Waals surface area contributed by atoms with Crippen LogP contribution in [0.4, 0.5) is 0 Å². The van der Waals surface area contributed by atoms with Crippen molar-refractivity contribution in [2.75, 3.05) is 6.54 Å². The molecule has 0 aromatic heterocycles. The van der Waals surface area contributed by atoms with Crippen molar-refractivity contribution in [1.82, 2.24) is 0 Å². The molecule has 0 fully saturated rings. The maximum absolute atomic E-state index is 11.1. The van der Waals surface area contributed by atoms with Crippen LogP contribution < -0.4 is 5.73 Å². The van der Waals surface area contributed by atoms with Crippen molar-refractivity contribution in [2.24, 2.45) is 5.73 Å². The van der Waals surface area contributed by atoms with Gasteiger partial charge < -0.3 is 5.73 Å². The van der Waals surface area contributed by atoms with Gasteiger partial charge in [-0.15, -0.1) is 4.89 Å². The van der Waals surface area contributed by atoms with Gasteiger partial charge in [0.25, 0.3) is 0 Å². The zero-order valence-corrected chi connectivity index (χ0v) is 10.3.